The number of aryl methyl sites for hydroxylation is 1. The van der Waals surface area contributed by atoms with Gasteiger partial charge in [-0.1, -0.05) is 36.8 Å². The molecule has 0 amide bonds. The number of carbonyl (C=O) groups is 1. The van der Waals surface area contributed by atoms with Crippen LogP contribution in [0.4, 0.5) is 0 Å². The number of carbonyl (C=O) groups excluding carboxylic acids is 1. The fourth-order valence-electron chi connectivity index (χ4n) is 2.02. The summed E-state index contributed by atoms with van der Waals surface area (Å²) < 4.78 is 0. The fourth-order valence-corrected chi connectivity index (χ4v) is 2.02. The lowest BCUT2D eigenvalue weighted by Crippen LogP contribution is -1.84. The quantitative estimate of drug-likeness (QED) is 0.630. The molecule has 2 rings (SSSR count). The first kappa shape index (κ1) is 8.49. The molecule has 0 radical (unpaired) electrons. The Morgan fingerprint density at radius 1 is 1.23 bits per heavy atom. The highest BCUT2D eigenvalue weighted by Gasteiger charge is 2.47. The van der Waals surface area contributed by atoms with Crippen LogP contribution in [0, 0.1) is 18.8 Å². The third-order valence-corrected chi connectivity index (χ3v) is 3.07. The van der Waals surface area contributed by atoms with Gasteiger partial charge in [-0.3, -0.25) is 0 Å². The number of hydrogen-bond acceptors (Lipinski definition) is 1. The molecule has 1 aliphatic carbocycles. The second-order valence-corrected chi connectivity index (χ2v) is 4.01. The van der Waals surface area contributed by atoms with Crippen molar-refractivity contribution in [2.24, 2.45) is 11.8 Å². The minimum Gasteiger partial charge on any atom is -0.303 e. The molecule has 1 saturated carbocycles. The van der Waals surface area contributed by atoms with Gasteiger partial charge in [0, 0.05) is 5.92 Å². The lowest BCUT2D eigenvalue weighted by Gasteiger charge is -1.98. The van der Waals surface area contributed by atoms with E-state index in [0.717, 1.165) is 6.29 Å². The number of hydrogen-bond donors (Lipinski definition) is 0. The van der Waals surface area contributed by atoms with Gasteiger partial charge in [-0.25, -0.2) is 0 Å². The summed E-state index contributed by atoms with van der Waals surface area (Å²) >= 11 is 0. The Kier molecular flexibility index (Phi) is 1.95. The molecule has 1 heteroatoms. The smallest absolute Gasteiger partial charge is 0.123 e. The van der Waals surface area contributed by atoms with Crippen molar-refractivity contribution in [1.29, 1.82) is 0 Å². The second-order valence-electron chi connectivity index (χ2n) is 4.01. The molecule has 0 aliphatic heterocycles. The molecule has 68 valence electrons. The van der Waals surface area contributed by atoms with E-state index in [1.807, 2.05) is 0 Å². The first-order valence-corrected chi connectivity index (χ1v) is 4.76. The van der Waals surface area contributed by atoms with Crippen LogP contribution in [0.3, 0.4) is 0 Å². The molecule has 1 aliphatic rings. The topological polar surface area (TPSA) is 17.1 Å². The van der Waals surface area contributed by atoms with Crippen molar-refractivity contribution in [1.82, 2.24) is 0 Å². The summed E-state index contributed by atoms with van der Waals surface area (Å²) in [5, 5.41) is 0. The molecule has 0 N–H and O–H groups in total. The van der Waals surface area contributed by atoms with E-state index in [1.165, 1.54) is 11.1 Å². The summed E-state index contributed by atoms with van der Waals surface area (Å²) in [6.07, 6.45) is 1.09. The van der Waals surface area contributed by atoms with Crippen LogP contribution in [0.1, 0.15) is 24.0 Å². The van der Waals surface area contributed by atoms with E-state index in [0.29, 0.717) is 11.8 Å². The van der Waals surface area contributed by atoms with Gasteiger partial charge >= 0.3 is 0 Å². The standard InChI is InChI=1S/C12H14O/c1-8-3-5-10(6-4-8)12-9(2)11(12)7-13/h3-7,9,11-12H,1-2H3/t9-,11-,12+/m0/s1. The van der Waals surface area contributed by atoms with Crippen LogP contribution in [-0.4, -0.2) is 6.29 Å². The predicted molar refractivity (Wildman–Crippen MR) is 52.6 cm³/mol. The zero-order valence-corrected chi connectivity index (χ0v) is 8.03. The van der Waals surface area contributed by atoms with Gasteiger partial charge in [0.2, 0.25) is 0 Å². The minimum absolute atomic E-state index is 0.266. The van der Waals surface area contributed by atoms with Gasteiger partial charge in [-0.2, -0.15) is 0 Å². The molecular weight excluding hydrogens is 160 g/mol. The zero-order chi connectivity index (χ0) is 9.42. The van der Waals surface area contributed by atoms with E-state index in [2.05, 4.69) is 38.1 Å². The predicted octanol–water partition coefficient (Wildman–Crippen LogP) is 2.54. The summed E-state index contributed by atoms with van der Waals surface area (Å²) in [6, 6.07) is 8.50. The maximum atomic E-state index is 10.6. The van der Waals surface area contributed by atoms with Crippen molar-refractivity contribution in [3.8, 4) is 0 Å². The Hall–Kier alpha value is -1.11. The Labute approximate surface area is 78.8 Å². The van der Waals surface area contributed by atoms with Crippen molar-refractivity contribution in [2.75, 3.05) is 0 Å². The summed E-state index contributed by atoms with van der Waals surface area (Å²) in [5.41, 5.74) is 2.59. The summed E-state index contributed by atoms with van der Waals surface area (Å²) in [4.78, 5) is 10.6. The van der Waals surface area contributed by atoms with Crippen molar-refractivity contribution in [3.63, 3.8) is 0 Å². The molecular formula is C12H14O. The number of aldehydes is 1. The van der Waals surface area contributed by atoms with E-state index in [4.69, 9.17) is 0 Å². The highest BCUT2D eigenvalue weighted by Crippen LogP contribution is 2.52. The molecule has 0 bridgehead atoms. The maximum absolute atomic E-state index is 10.6. The van der Waals surface area contributed by atoms with E-state index >= 15 is 0 Å². The normalized spacial score (nSPS) is 31.4. The molecule has 0 spiro atoms. The molecule has 1 aromatic carbocycles. The van der Waals surface area contributed by atoms with Gasteiger partial charge in [0.1, 0.15) is 6.29 Å². The molecule has 0 heterocycles. The average Bonchev–Trinajstić information content (AvgIpc) is 2.78. The molecule has 0 saturated heterocycles. The summed E-state index contributed by atoms with van der Waals surface area (Å²) in [6.45, 7) is 4.22. The van der Waals surface area contributed by atoms with Crippen molar-refractivity contribution >= 4 is 6.29 Å². The van der Waals surface area contributed by atoms with Crippen LogP contribution < -0.4 is 0 Å². The van der Waals surface area contributed by atoms with Gasteiger partial charge in [0.05, 0.1) is 0 Å². The monoisotopic (exact) mass is 174 g/mol. The lowest BCUT2D eigenvalue weighted by molar-refractivity contribution is -0.109. The summed E-state index contributed by atoms with van der Waals surface area (Å²) in [7, 11) is 0. The maximum Gasteiger partial charge on any atom is 0.123 e. The Balaban J connectivity index is 2.19. The van der Waals surface area contributed by atoms with Gasteiger partial charge in [0.15, 0.2) is 0 Å². The van der Waals surface area contributed by atoms with Crippen LogP contribution in [0.15, 0.2) is 24.3 Å². The summed E-state index contributed by atoms with van der Waals surface area (Å²) in [5.74, 6) is 1.29. The molecule has 1 fully saturated rings. The highest BCUT2D eigenvalue weighted by molar-refractivity contribution is 5.62. The minimum atomic E-state index is 0.266. The van der Waals surface area contributed by atoms with E-state index < -0.39 is 0 Å². The first-order chi connectivity index (χ1) is 6.24. The Morgan fingerprint density at radius 3 is 2.31 bits per heavy atom. The first-order valence-electron chi connectivity index (χ1n) is 4.76. The third kappa shape index (κ3) is 1.39. The zero-order valence-electron chi connectivity index (χ0n) is 8.03. The average molecular weight is 174 g/mol. The Morgan fingerprint density at radius 2 is 1.85 bits per heavy atom. The molecule has 1 nitrogen and oxygen atoms in total. The number of rotatable bonds is 2. The molecule has 3 atom stereocenters. The number of benzene rings is 1. The van der Waals surface area contributed by atoms with Crippen LogP contribution in [0.2, 0.25) is 0 Å². The molecule has 0 aromatic heterocycles. The van der Waals surface area contributed by atoms with Gasteiger partial charge in [0.25, 0.3) is 0 Å². The molecule has 0 unspecified atom stereocenters. The van der Waals surface area contributed by atoms with Crippen LogP contribution >= 0.6 is 0 Å². The third-order valence-electron chi connectivity index (χ3n) is 3.07. The van der Waals surface area contributed by atoms with Crippen LogP contribution in [0.5, 0.6) is 0 Å². The van der Waals surface area contributed by atoms with Crippen molar-refractivity contribution in [3.05, 3.63) is 35.4 Å². The van der Waals surface area contributed by atoms with Crippen LogP contribution in [-0.2, 0) is 4.79 Å². The second kappa shape index (κ2) is 2.99. The highest BCUT2D eigenvalue weighted by atomic mass is 16.1. The van der Waals surface area contributed by atoms with Crippen LogP contribution in [0.25, 0.3) is 0 Å². The molecule has 13 heavy (non-hydrogen) atoms. The van der Waals surface area contributed by atoms with E-state index in [-0.39, 0.29) is 5.92 Å². The SMILES string of the molecule is Cc1ccc([C@H]2[C@@H](C)[C@@H]2C=O)cc1. The molecule has 1 aromatic rings. The van der Waals surface area contributed by atoms with E-state index in [1.54, 1.807) is 0 Å². The fraction of sp³-hybridized carbons (Fsp3) is 0.417. The Bertz CT molecular complexity index is 312. The van der Waals surface area contributed by atoms with Gasteiger partial charge in [-0.05, 0) is 24.3 Å². The van der Waals surface area contributed by atoms with Crippen molar-refractivity contribution in [2.45, 2.75) is 19.8 Å². The van der Waals surface area contributed by atoms with Gasteiger partial charge < -0.3 is 4.79 Å². The van der Waals surface area contributed by atoms with Gasteiger partial charge in [-0.15, -0.1) is 0 Å². The van der Waals surface area contributed by atoms with E-state index in [9.17, 15) is 4.79 Å². The lowest BCUT2D eigenvalue weighted by atomic mass is 10.1. The van der Waals surface area contributed by atoms with Crippen molar-refractivity contribution < 1.29 is 4.79 Å². The largest absolute Gasteiger partial charge is 0.303 e.